The maximum Gasteiger partial charge on any atom is 0.257 e. The second kappa shape index (κ2) is 12.6. The molecule has 2 amide bonds. The van der Waals surface area contributed by atoms with Crippen LogP contribution in [0.5, 0.6) is 11.5 Å². The Kier molecular flexibility index (Phi) is 8.78. The number of hydrogen-bond acceptors (Lipinski definition) is 8. The van der Waals surface area contributed by atoms with Gasteiger partial charge in [0.05, 0.1) is 19.7 Å². The Labute approximate surface area is 224 Å². The van der Waals surface area contributed by atoms with Crippen LogP contribution in [0.15, 0.2) is 77.9 Å². The van der Waals surface area contributed by atoms with Crippen molar-refractivity contribution < 1.29 is 19.1 Å². The van der Waals surface area contributed by atoms with Crippen molar-refractivity contribution in [3.63, 3.8) is 0 Å². The van der Waals surface area contributed by atoms with Crippen molar-refractivity contribution in [2.24, 2.45) is 5.10 Å². The van der Waals surface area contributed by atoms with Gasteiger partial charge in [-0.15, -0.1) is 10.2 Å². The number of carbonyl (C=O) groups excluding carboxylic acids is 2. The molecule has 1 atom stereocenters. The average molecular weight is 530 g/mol. The van der Waals surface area contributed by atoms with Crippen molar-refractivity contribution in [3.05, 3.63) is 100 Å². The molecule has 194 valence electrons. The number of hydrazone groups is 1. The lowest BCUT2D eigenvalue weighted by molar-refractivity contribution is -0.120. The summed E-state index contributed by atoms with van der Waals surface area (Å²) >= 11 is 1.13. The zero-order valence-electron chi connectivity index (χ0n) is 21.2. The number of nitrogens with zero attached hydrogens (tertiary/aromatic N) is 3. The van der Waals surface area contributed by atoms with E-state index in [2.05, 4.69) is 26.0 Å². The van der Waals surface area contributed by atoms with Crippen molar-refractivity contribution in [2.45, 2.75) is 26.4 Å². The average Bonchev–Trinajstić information content (AvgIpc) is 3.36. The molecular weight excluding hydrogens is 502 g/mol. The molecule has 0 aliphatic rings. The van der Waals surface area contributed by atoms with Gasteiger partial charge in [-0.2, -0.15) is 5.10 Å². The van der Waals surface area contributed by atoms with Gasteiger partial charge in [0.15, 0.2) is 11.5 Å². The number of rotatable bonds is 10. The van der Waals surface area contributed by atoms with Gasteiger partial charge in [0, 0.05) is 5.56 Å². The minimum absolute atomic E-state index is 0.0251. The number of hydrogen-bond donors (Lipinski definition) is 2. The van der Waals surface area contributed by atoms with Crippen LogP contribution in [0.1, 0.15) is 45.1 Å². The second-order valence-corrected chi connectivity index (χ2v) is 9.38. The van der Waals surface area contributed by atoms with Crippen LogP contribution in [0, 0.1) is 6.92 Å². The summed E-state index contributed by atoms with van der Waals surface area (Å²) in [6.07, 6.45) is 1.34. The normalized spacial score (nSPS) is 11.7. The minimum Gasteiger partial charge on any atom is -0.493 e. The van der Waals surface area contributed by atoms with E-state index in [4.69, 9.17) is 9.47 Å². The third kappa shape index (κ3) is 7.01. The van der Waals surface area contributed by atoms with Crippen LogP contribution in [0.2, 0.25) is 0 Å². The maximum absolute atomic E-state index is 12.4. The van der Waals surface area contributed by atoms with Crippen LogP contribution >= 0.6 is 11.3 Å². The quantitative estimate of drug-likeness (QED) is 0.222. The van der Waals surface area contributed by atoms with Gasteiger partial charge in [0.2, 0.25) is 11.0 Å². The van der Waals surface area contributed by atoms with Gasteiger partial charge in [-0.25, -0.2) is 5.43 Å². The largest absolute Gasteiger partial charge is 0.493 e. The molecule has 10 heteroatoms. The molecule has 4 rings (SSSR count). The number of carbonyl (C=O) groups is 2. The van der Waals surface area contributed by atoms with Crippen molar-refractivity contribution in [1.29, 1.82) is 0 Å². The summed E-state index contributed by atoms with van der Waals surface area (Å²) in [4.78, 5) is 24.8. The van der Waals surface area contributed by atoms with E-state index in [1.54, 1.807) is 31.4 Å². The molecule has 2 N–H and O–H groups in total. The van der Waals surface area contributed by atoms with Crippen LogP contribution in [0.3, 0.4) is 0 Å². The zero-order valence-corrected chi connectivity index (χ0v) is 22.0. The molecule has 0 saturated carbocycles. The van der Waals surface area contributed by atoms with E-state index < -0.39 is 0 Å². The van der Waals surface area contributed by atoms with Crippen LogP contribution in [0.4, 0.5) is 5.13 Å². The fourth-order valence-electron chi connectivity index (χ4n) is 3.57. The number of aromatic nitrogens is 2. The third-order valence-corrected chi connectivity index (χ3v) is 6.39. The molecule has 9 nitrogen and oxygen atoms in total. The highest BCUT2D eigenvalue weighted by atomic mass is 32.1. The predicted octanol–water partition coefficient (Wildman–Crippen LogP) is 4.94. The van der Waals surface area contributed by atoms with Crippen molar-refractivity contribution >= 4 is 34.5 Å². The van der Waals surface area contributed by atoms with E-state index in [0.29, 0.717) is 27.2 Å². The first-order chi connectivity index (χ1) is 18.4. The first kappa shape index (κ1) is 26.5. The fourth-order valence-corrected chi connectivity index (χ4v) is 4.30. The first-order valence-corrected chi connectivity index (χ1v) is 12.7. The smallest absolute Gasteiger partial charge is 0.257 e. The Morgan fingerprint density at radius 2 is 1.79 bits per heavy atom. The molecule has 0 bridgehead atoms. The minimum atomic E-state index is -0.363. The highest BCUT2D eigenvalue weighted by molar-refractivity contribution is 7.15. The summed E-state index contributed by atoms with van der Waals surface area (Å²) in [7, 11) is 1.57. The van der Waals surface area contributed by atoms with Gasteiger partial charge in [0.25, 0.3) is 5.91 Å². The van der Waals surface area contributed by atoms with Crippen molar-refractivity contribution in [2.75, 3.05) is 12.4 Å². The summed E-state index contributed by atoms with van der Waals surface area (Å²) < 4.78 is 11.5. The molecule has 1 aromatic heterocycles. The first-order valence-electron chi connectivity index (χ1n) is 11.8. The van der Waals surface area contributed by atoms with Crippen molar-refractivity contribution in [1.82, 2.24) is 15.6 Å². The Morgan fingerprint density at radius 1 is 1.03 bits per heavy atom. The third-order valence-electron chi connectivity index (χ3n) is 5.55. The molecule has 1 heterocycles. The number of benzene rings is 3. The van der Waals surface area contributed by atoms with E-state index in [-0.39, 0.29) is 24.3 Å². The van der Waals surface area contributed by atoms with E-state index in [9.17, 15) is 9.59 Å². The maximum atomic E-state index is 12.4. The molecule has 0 unspecified atom stereocenters. The topological polar surface area (TPSA) is 115 Å². The van der Waals surface area contributed by atoms with Crippen LogP contribution in [-0.2, 0) is 11.2 Å². The van der Waals surface area contributed by atoms with E-state index in [1.807, 2.05) is 62.4 Å². The fraction of sp³-hybridized carbons (Fsp3) is 0.179. The lowest BCUT2D eigenvalue weighted by atomic mass is 10.1. The zero-order chi connectivity index (χ0) is 26.9. The summed E-state index contributed by atoms with van der Waals surface area (Å²) in [5, 5.41) is 15.4. The number of aryl methyl sites for hydroxylation is 1. The van der Waals surface area contributed by atoms with Gasteiger partial charge in [0.1, 0.15) is 11.1 Å². The van der Waals surface area contributed by atoms with Crippen LogP contribution in [0.25, 0.3) is 0 Å². The molecule has 0 aliphatic heterocycles. The molecular formula is C28H27N5O4S. The van der Waals surface area contributed by atoms with Gasteiger partial charge in [-0.3, -0.25) is 14.9 Å². The Morgan fingerprint density at radius 3 is 2.55 bits per heavy atom. The Bertz CT molecular complexity index is 1440. The van der Waals surface area contributed by atoms with E-state index in [1.165, 1.54) is 6.21 Å². The van der Waals surface area contributed by atoms with Gasteiger partial charge in [-0.05, 0) is 54.8 Å². The SMILES string of the molecule is COc1cc(C=NNC(=O)Cc2nnc(NC(=O)c3ccccc3C)s2)ccc1O[C@@H](C)c1ccccc1. The van der Waals surface area contributed by atoms with Crippen LogP contribution in [-0.4, -0.2) is 35.3 Å². The summed E-state index contributed by atoms with van der Waals surface area (Å²) in [5.74, 6) is 0.517. The molecule has 0 radical (unpaired) electrons. The van der Waals surface area contributed by atoms with Crippen molar-refractivity contribution in [3.8, 4) is 11.5 Å². The lowest BCUT2D eigenvalue weighted by Gasteiger charge is -2.17. The second-order valence-electron chi connectivity index (χ2n) is 8.32. The number of nitrogens with one attached hydrogen (secondary N) is 2. The molecule has 4 aromatic rings. The van der Waals surface area contributed by atoms with Crippen LogP contribution < -0.4 is 20.2 Å². The number of methoxy groups -OCH3 is 1. The van der Waals surface area contributed by atoms with Gasteiger partial charge >= 0.3 is 0 Å². The monoisotopic (exact) mass is 529 g/mol. The molecule has 0 fully saturated rings. The van der Waals surface area contributed by atoms with Gasteiger partial charge in [-0.1, -0.05) is 59.9 Å². The molecule has 0 aliphatic carbocycles. The van der Waals surface area contributed by atoms with Gasteiger partial charge < -0.3 is 9.47 Å². The van der Waals surface area contributed by atoms with E-state index >= 15 is 0 Å². The number of anilines is 1. The standard InChI is InChI=1S/C28H27N5O4S/c1-18-9-7-8-12-22(18)27(35)30-28-33-32-26(38-28)16-25(34)31-29-17-20-13-14-23(24(15-20)36-3)37-19(2)21-10-5-4-6-11-21/h4-15,17,19H,16H2,1-3H3,(H,31,34)(H,30,33,35)/t19-/m0/s1. The Hall–Kier alpha value is -4.57. The predicted molar refractivity (Wildman–Crippen MR) is 147 cm³/mol. The summed E-state index contributed by atoms with van der Waals surface area (Å²) in [5.41, 5.74) is 5.66. The lowest BCUT2D eigenvalue weighted by Crippen LogP contribution is -2.19. The molecule has 38 heavy (non-hydrogen) atoms. The highest BCUT2D eigenvalue weighted by Crippen LogP contribution is 2.31. The molecule has 0 spiro atoms. The summed E-state index contributed by atoms with van der Waals surface area (Å²) in [6, 6.07) is 22.6. The number of ether oxygens (including phenoxy) is 2. The molecule has 0 saturated heterocycles. The highest BCUT2D eigenvalue weighted by Gasteiger charge is 2.14. The van der Waals surface area contributed by atoms with E-state index in [0.717, 1.165) is 28.0 Å². The molecule has 3 aromatic carbocycles. The summed E-state index contributed by atoms with van der Waals surface area (Å²) in [6.45, 7) is 3.83. The Balaban J connectivity index is 1.30. The number of amides is 2.